The number of halogens is 4. The number of isocyanates is 1. The van der Waals surface area contributed by atoms with Gasteiger partial charge in [0.1, 0.15) is 0 Å². The van der Waals surface area contributed by atoms with Gasteiger partial charge in [-0.15, -0.1) is 0 Å². The lowest BCUT2D eigenvalue weighted by Gasteiger charge is -2.08. The summed E-state index contributed by atoms with van der Waals surface area (Å²) in [5.74, 6) is 0. The zero-order chi connectivity index (χ0) is 11.5. The minimum atomic E-state index is -4.39. The fourth-order valence-corrected chi connectivity index (χ4v) is 1.36. The fraction of sp³-hybridized carbons (Fsp3) is 0.222. The lowest BCUT2D eigenvalue weighted by atomic mass is 10.1. The summed E-state index contributed by atoms with van der Waals surface area (Å²) in [6.45, 7) is -0.117. The van der Waals surface area contributed by atoms with E-state index in [4.69, 9.17) is 0 Å². The van der Waals surface area contributed by atoms with Crippen molar-refractivity contribution in [2.75, 3.05) is 0 Å². The van der Waals surface area contributed by atoms with E-state index in [9.17, 15) is 18.0 Å². The van der Waals surface area contributed by atoms with Crippen LogP contribution in [0.4, 0.5) is 13.2 Å². The predicted octanol–water partition coefficient (Wildman–Crippen LogP) is 3.30. The minimum absolute atomic E-state index is 0.117. The third-order valence-electron chi connectivity index (χ3n) is 1.69. The second-order valence-corrected chi connectivity index (χ2v) is 3.57. The molecule has 0 spiro atoms. The van der Waals surface area contributed by atoms with Crippen molar-refractivity contribution < 1.29 is 18.0 Å². The Bertz CT molecular complexity index is 410. The van der Waals surface area contributed by atoms with Crippen LogP contribution in [-0.4, -0.2) is 6.08 Å². The summed E-state index contributed by atoms with van der Waals surface area (Å²) in [6, 6.07) is 3.18. The normalized spacial score (nSPS) is 10.9. The quantitative estimate of drug-likeness (QED) is 0.603. The molecule has 2 nitrogen and oxygen atoms in total. The summed E-state index contributed by atoms with van der Waals surface area (Å²) < 4.78 is 37.4. The van der Waals surface area contributed by atoms with E-state index in [-0.39, 0.29) is 6.54 Å². The molecule has 0 saturated carbocycles. The number of benzene rings is 1. The lowest BCUT2D eigenvalue weighted by Crippen LogP contribution is -2.05. The number of aliphatic imine (C=N–C) groups is 1. The summed E-state index contributed by atoms with van der Waals surface area (Å²) in [5, 5.41) is 0. The third-order valence-corrected chi connectivity index (χ3v) is 2.46. The van der Waals surface area contributed by atoms with Gasteiger partial charge in [-0.3, -0.25) is 0 Å². The van der Waals surface area contributed by atoms with Gasteiger partial charge in [0, 0.05) is 4.47 Å². The molecule has 0 unspecified atom stereocenters. The summed E-state index contributed by atoms with van der Waals surface area (Å²) >= 11 is 3.07. The lowest BCUT2D eigenvalue weighted by molar-refractivity contribution is -0.137. The van der Waals surface area contributed by atoms with Crippen LogP contribution in [0.2, 0.25) is 0 Å². The molecule has 0 atom stereocenters. The van der Waals surface area contributed by atoms with E-state index >= 15 is 0 Å². The monoisotopic (exact) mass is 279 g/mol. The Labute approximate surface area is 91.9 Å². The molecule has 0 aliphatic rings. The Kier molecular flexibility index (Phi) is 3.66. The van der Waals surface area contributed by atoms with E-state index in [0.29, 0.717) is 10.0 Å². The molecule has 0 radical (unpaired) electrons. The summed E-state index contributed by atoms with van der Waals surface area (Å²) in [6.07, 6.45) is -3.11. The summed E-state index contributed by atoms with van der Waals surface area (Å²) in [5.41, 5.74) is -0.463. The van der Waals surface area contributed by atoms with Gasteiger partial charge >= 0.3 is 6.18 Å². The average molecular weight is 280 g/mol. The largest absolute Gasteiger partial charge is 0.416 e. The molecule has 0 aliphatic heterocycles. The van der Waals surface area contributed by atoms with Crippen LogP contribution in [0.1, 0.15) is 11.1 Å². The molecule has 0 fully saturated rings. The van der Waals surface area contributed by atoms with Gasteiger partial charge in [-0.2, -0.15) is 13.2 Å². The van der Waals surface area contributed by atoms with Crippen LogP contribution < -0.4 is 0 Å². The number of nitrogens with zero attached hydrogens (tertiary/aromatic N) is 1. The maximum Gasteiger partial charge on any atom is 0.416 e. The molecule has 1 aromatic rings. The third kappa shape index (κ3) is 3.18. The van der Waals surface area contributed by atoms with Crippen molar-refractivity contribution >= 4 is 22.0 Å². The van der Waals surface area contributed by atoms with Crippen LogP contribution in [0.15, 0.2) is 27.7 Å². The van der Waals surface area contributed by atoms with E-state index in [2.05, 4.69) is 20.9 Å². The molecule has 0 saturated heterocycles. The Morgan fingerprint density at radius 3 is 2.60 bits per heavy atom. The zero-order valence-electron chi connectivity index (χ0n) is 7.31. The van der Waals surface area contributed by atoms with Gasteiger partial charge in [0.15, 0.2) is 0 Å². The second-order valence-electron chi connectivity index (χ2n) is 2.71. The van der Waals surface area contributed by atoms with Crippen LogP contribution in [0.25, 0.3) is 0 Å². The van der Waals surface area contributed by atoms with Crippen molar-refractivity contribution in [1.29, 1.82) is 0 Å². The summed E-state index contributed by atoms with van der Waals surface area (Å²) in [7, 11) is 0. The van der Waals surface area contributed by atoms with E-state index in [0.717, 1.165) is 12.1 Å². The number of alkyl halides is 3. The molecule has 0 aliphatic carbocycles. The zero-order valence-corrected chi connectivity index (χ0v) is 8.89. The topological polar surface area (TPSA) is 29.4 Å². The van der Waals surface area contributed by atoms with E-state index in [1.165, 1.54) is 12.1 Å². The molecule has 15 heavy (non-hydrogen) atoms. The Hall–Kier alpha value is -1.13. The van der Waals surface area contributed by atoms with Crippen LogP contribution in [0.3, 0.4) is 0 Å². The molecule has 6 heteroatoms. The average Bonchev–Trinajstić information content (AvgIpc) is 2.15. The first-order valence-corrected chi connectivity index (χ1v) is 4.63. The van der Waals surface area contributed by atoms with E-state index in [1.54, 1.807) is 0 Å². The molecule has 0 amide bonds. The Morgan fingerprint density at radius 1 is 1.40 bits per heavy atom. The van der Waals surface area contributed by atoms with Crippen LogP contribution >= 0.6 is 15.9 Å². The van der Waals surface area contributed by atoms with Gasteiger partial charge in [-0.1, -0.05) is 15.9 Å². The number of carbonyl (C=O) groups excluding carboxylic acids is 1. The van der Waals surface area contributed by atoms with Gasteiger partial charge < -0.3 is 0 Å². The first-order chi connectivity index (χ1) is 6.95. The first kappa shape index (κ1) is 11.9. The van der Waals surface area contributed by atoms with Gasteiger partial charge in [0.2, 0.25) is 6.08 Å². The molecule has 0 bridgehead atoms. The highest BCUT2D eigenvalue weighted by Gasteiger charge is 2.30. The van der Waals surface area contributed by atoms with Crippen molar-refractivity contribution in [3.63, 3.8) is 0 Å². The summed E-state index contributed by atoms with van der Waals surface area (Å²) in [4.78, 5) is 13.1. The van der Waals surface area contributed by atoms with Crippen molar-refractivity contribution in [3.8, 4) is 0 Å². The molecule has 0 N–H and O–H groups in total. The number of rotatable bonds is 2. The van der Waals surface area contributed by atoms with Crippen molar-refractivity contribution in [1.82, 2.24) is 0 Å². The Morgan fingerprint density at radius 2 is 2.07 bits per heavy atom. The molecule has 1 aromatic carbocycles. The maximum absolute atomic E-state index is 12.3. The SMILES string of the molecule is O=C=NCc1cc(C(F)(F)F)ccc1Br. The maximum atomic E-state index is 12.3. The predicted molar refractivity (Wildman–Crippen MR) is 51.0 cm³/mol. The smallest absolute Gasteiger partial charge is 0.211 e. The molecule has 0 heterocycles. The van der Waals surface area contributed by atoms with Crippen molar-refractivity contribution in [2.24, 2.45) is 4.99 Å². The Balaban J connectivity index is 3.10. The van der Waals surface area contributed by atoms with Crippen molar-refractivity contribution in [2.45, 2.75) is 12.7 Å². The molecule has 80 valence electrons. The highest BCUT2D eigenvalue weighted by molar-refractivity contribution is 9.10. The van der Waals surface area contributed by atoms with Gasteiger partial charge in [-0.25, -0.2) is 9.79 Å². The minimum Gasteiger partial charge on any atom is -0.211 e. The second kappa shape index (κ2) is 4.59. The van der Waals surface area contributed by atoms with Crippen LogP contribution in [-0.2, 0) is 17.5 Å². The first-order valence-electron chi connectivity index (χ1n) is 3.84. The highest BCUT2D eigenvalue weighted by Crippen LogP contribution is 2.31. The van der Waals surface area contributed by atoms with Gasteiger partial charge in [-0.05, 0) is 23.8 Å². The highest BCUT2D eigenvalue weighted by atomic mass is 79.9. The molecule has 1 rings (SSSR count). The van der Waals surface area contributed by atoms with Gasteiger partial charge in [0.05, 0.1) is 12.1 Å². The molecular formula is C9H5BrF3NO. The number of hydrogen-bond donors (Lipinski definition) is 0. The molecule has 0 aromatic heterocycles. The molecular weight excluding hydrogens is 275 g/mol. The van der Waals surface area contributed by atoms with E-state index < -0.39 is 11.7 Å². The number of hydrogen-bond acceptors (Lipinski definition) is 2. The fourth-order valence-electron chi connectivity index (χ4n) is 0.990. The van der Waals surface area contributed by atoms with E-state index in [1.807, 2.05) is 0 Å². The van der Waals surface area contributed by atoms with Crippen LogP contribution in [0.5, 0.6) is 0 Å². The van der Waals surface area contributed by atoms with Gasteiger partial charge in [0.25, 0.3) is 0 Å². The standard InChI is InChI=1S/C9H5BrF3NO/c10-8-2-1-7(9(11,12)13)3-6(8)4-14-5-15/h1-3H,4H2. The van der Waals surface area contributed by atoms with Crippen molar-refractivity contribution in [3.05, 3.63) is 33.8 Å². The van der Waals surface area contributed by atoms with Crippen LogP contribution in [0, 0.1) is 0 Å².